The number of rotatable bonds is 13. The van der Waals surface area contributed by atoms with Crippen molar-refractivity contribution >= 4 is 29.2 Å². The molecular formula is C36H58N4O4. The van der Waals surface area contributed by atoms with Gasteiger partial charge in [0.1, 0.15) is 5.76 Å². The Labute approximate surface area is 266 Å². The Morgan fingerprint density at radius 2 is 1.80 bits per heavy atom. The number of hydrogen-bond donors (Lipinski definition) is 2. The lowest BCUT2D eigenvalue weighted by atomic mass is 9.90. The monoisotopic (exact) mass is 610 g/mol. The summed E-state index contributed by atoms with van der Waals surface area (Å²) in [6, 6.07) is 9.20. The van der Waals surface area contributed by atoms with Crippen molar-refractivity contribution in [3.63, 3.8) is 0 Å². The van der Waals surface area contributed by atoms with Gasteiger partial charge in [0.05, 0.1) is 20.3 Å². The average Bonchev–Trinajstić information content (AvgIpc) is 3.33. The summed E-state index contributed by atoms with van der Waals surface area (Å²) in [5.74, 6) is 1.10. The first-order valence-electron chi connectivity index (χ1n) is 16.1. The molecule has 1 aromatic heterocycles. The lowest BCUT2D eigenvalue weighted by Crippen LogP contribution is -2.39. The predicted octanol–water partition coefficient (Wildman–Crippen LogP) is 6.66. The SMILES string of the molecule is CC.CC/C=C/c1c(C)n(C(C)C2CCN(CC(=O)OCC)CC2)c2ccccc12.CNC/C(C=O)=C(/C=C(/C)NC)OC. The number of carbonyl (C=O) groups is 2. The lowest BCUT2D eigenvalue weighted by Gasteiger charge is -2.35. The van der Waals surface area contributed by atoms with Crippen molar-refractivity contribution in [1.82, 2.24) is 20.1 Å². The number of allylic oxidation sites excluding steroid dienone is 3. The van der Waals surface area contributed by atoms with E-state index in [9.17, 15) is 9.59 Å². The van der Waals surface area contributed by atoms with Gasteiger partial charge >= 0.3 is 5.97 Å². The molecule has 8 heteroatoms. The fraction of sp³-hybridized carbons (Fsp3) is 0.556. The minimum absolute atomic E-state index is 0.103. The van der Waals surface area contributed by atoms with E-state index in [2.05, 4.69) is 77.3 Å². The van der Waals surface area contributed by atoms with Crippen LogP contribution in [0.25, 0.3) is 17.0 Å². The molecule has 0 saturated carbocycles. The maximum atomic E-state index is 11.8. The number of likely N-dealkylation sites (N-methyl/N-ethyl adjacent to an activating group) is 1. The number of aldehydes is 1. The second-order valence-electron chi connectivity index (χ2n) is 10.7. The number of nitrogens with zero attached hydrogens (tertiary/aromatic N) is 2. The molecule has 0 bridgehead atoms. The van der Waals surface area contributed by atoms with Gasteiger partial charge < -0.3 is 24.7 Å². The predicted molar refractivity (Wildman–Crippen MR) is 185 cm³/mol. The highest BCUT2D eigenvalue weighted by atomic mass is 16.5. The number of aromatic nitrogens is 1. The first-order chi connectivity index (χ1) is 21.3. The number of hydrogen-bond acceptors (Lipinski definition) is 7. The molecule has 0 aliphatic carbocycles. The molecule has 2 aromatic rings. The van der Waals surface area contributed by atoms with Gasteiger partial charge in [-0.15, -0.1) is 0 Å². The van der Waals surface area contributed by atoms with E-state index in [1.54, 1.807) is 20.2 Å². The van der Waals surface area contributed by atoms with Gasteiger partial charge in [0.2, 0.25) is 0 Å². The van der Waals surface area contributed by atoms with Crippen LogP contribution < -0.4 is 10.6 Å². The van der Waals surface area contributed by atoms with Crippen LogP contribution in [0, 0.1) is 12.8 Å². The average molecular weight is 611 g/mol. The second kappa shape index (κ2) is 21.4. The summed E-state index contributed by atoms with van der Waals surface area (Å²) in [5, 5.41) is 7.21. The minimum Gasteiger partial charge on any atom is -0.496 e. The standard InChI is InChI=1S/C24H34N2O2.C10H18N2O2.C2H6/c1-5-7-10-21-19(4)26(23-12-9-8-11-22(21)23)18(3)20-13-15-25(16-14-20)17-24(27)28-6-2;1-8(12-3)5-10(14-4)9(7-13)6-11-2;1-2/h7-12,18,20H,5-6,13-17H2,1-4H3;5,7,11-12H,6H2,1-4H3;1-2H3/b10-7+;8-5-,10-9+;. The van der Waals surface area contributed by atoms with Crippen molar-refractivity contribution < 1.29 is 19.1 Å². The normalized spacial score (nSPS) is 15.5. The fourth-order valence-corrected chi connectivity index (χ4v) is 5.51. The Balaban J connectivity index is 0.000000513. The summed E-state index contributed by atoms with van der Waals surface area (Å²) in [4.78, 5) is 24.7. The number of esters is 1. The molecule has 44 heavy (non-hydrogen) atoms. The maximum Gasteiger partial charge on any atom is 0.320 e. The molecule has 246 valence electrons. The number of para-hydroxylation sites is 1. The zero-order chi connectivity index (χ0) is 33.1. The van der Waals surface area contributed by atoms with E-state index in [1.807, 2.05) is 34.7 Å². The van der Waals surface area contributed by atoms with Crippen LogP contribution in [0.2, 0.25) is 0 Å². The van der Waals surface area contributed by atoms with Gasteiger partial charge in [0, 0.05) is 53.1 Å². The highest BCUT2D eigenvalue weighted by Gasteiger charge is 2.28. The lowest BCUT2D eigenvalue weighted by molar-refractivity contribution is -0.144. The molecule has 3 rings (SSSR count). The van der Waals surface area contributed by atoms with Crippen LogP contribution in [0.4, 0.5) is 0 Å². The summed E-state index contributed by atoms with van der Waals surface area (Å²) < 4.78 is 12.8. The van der Waals surface area contributed by atoms with Gasteiger partial charge in [0.15, 0.2) is 6.29 Å². The summed E-state index contributed by atoms with van der Waals surface area (Å²) in [7, 11) is 5.15. The summed E-state index contributed by atoms with van der Waals surface area (Å²) in [5.41, 5.74) is 5.58. The number of benzene rings is 1. The van der Waals surface area contributed by atoms with E-state index >= 15 is 0 Å². The second-order valence-corrected chi connectivity index (χ2v) is 10.7. The number of ether oxygens (including phenoxy) is 2. The number of fused-ring (bicyclic) bond motifs is 1. The van der Waals surface area contributed by atoms with E-state index in [-0.39, 0.29) is 5.97 Å². The molecule has 0 amide bonds. The molecule has 1 fully saturated rings. The van der Waals surface area contributed by atoms with Crippen LogP contribution in [-0.2, 0) is 19.1 Å². The third-order valence-electron chi connectivity index (χ3n) is 7.89. The molecule has 1 aliphatic heterocycles. The topological polar surface area (TPSA) is 84.8 Å². The summed E-state index contributed by atoms with van der Waals surface area (Å²) in [6.07, 6.45) is 10.4. The van der Waals surface area contributed by atoms with Crippen molar-refractivity contribution in [2.75, 3.05) is 54.0 Å². The van der Waals surface area contributed by atoms with Crippen LogP contribution in [0.15, 0.2) is 53.4 Å². The Bertz CT molecular complexity index is 1240. The summed E-state index contributed by atoms with van der Waals surface area (Å²) in [6.45, 7) is 17.9. The van der Waals surface area contributed by atoms with Crippen molar-refractivity contribution in [3.05, 3.63) is 64.7 Å². The number of carbonyl (C=O) groups excluding carboxylic acids is 2. The van der Waals surface area contributed by atoms with Crippen LogP contribution in [-0.4, -0.2) is 75.7 Å². The molecule has 0 radical (unpaired) electrons. The van der Waals surface area contributed by atoms with E-state index in [0.717, 1.165) is 44.3 Å². The molecule has 8 nitrogen and oxygen atoms in total. The minimum atomic E-state index is -0.103. The van der Waals surface area contributed by atoms with Gasteiger partial charge in [-0.2, -0.15) is 0 Å². The van der Waals surface area contributed by atoms with E-state index in [0.29, 0.717) is 43.0 Å². The van der Waals surface area contributed by atoms with Crippen molar-refractivity contribution in [3.8, 4) is 0 Å². The highest BCUT2D eigenvalue weighted by molar-refractivity contribution is 5.91. The van der Waals surface area contributed by atoms with Gasteiger partial charge in [-0.1, -0.05) is 51.1 Å². The number of piperidine rings is 1. The first-order valence-corrected chi connectivity index (χ1v) is 16.1. The van der Waals surface area contributed by atoms with Crippen LogP contribution in [0.1, 0.15) is 78.1 Å². The highest BCUT2D eigenvalue weighted by Crippen LogP contribution is 2.36. The third-order valence-corrected chi connectivity index (χ3v) is 7.89. The van der Waals surface area contributed by atoms with Gasteiger partial charge in [0.25, 0.3) is 0 Å². The van der Waals surface area contributed by atoms with E-state index in [4.69, 9.17) is 9.47 Å². The molecule has 0 spiro atoms. The Morgan fingerprint density at radius 3 is 2.34 bits per heavy atom. The third kappa shape index (κ3) is 11.3. The van der Waals surface area contributed by atoms with Crippen LogP contribution in [0.5, 0.6) is 0 Å². The van der Waals surface area contributed by atoms with Crippen molar-refractivity contribution in [2.24, 2.45) is 5.92 Å². The smallest absolute Gasteiger partial charge is 0.320 e. The summed E-state index contributed by atoms with van der Waals surface area (Å²) >= 11 is 0. The number of nitrogens with one attached hydrogen (secondary N) is 2. The molecule has 1 unspecified atom stereocenters. The zero-order valence-corrected chi connectivity index (χ0v) is 29.0. The van der Waals surface area contributed by atoms with Crippen molar-refractivity contribution in [2.45, 2.75) is 73.8 Å². The van der Waals surface area contributed by atoms with Gasteiger partial charge in [-0.25, -0.2) is 0 Å². The Morgan fingerprint density at radius 1 is 1.14 bits per heavy atom. The Hall–Kier alpha value is -3.36. The fourth-order valence-electron chi connectivity index (χ4n) is 5.51. The molecule has 1 saturated heterocycles. The van der Waals surface area contributed by atoms with Crippen LogP contribution >= 0.6 is 0 Å². The van der Waals surface area contributed by atoms with E-state index in [1.165, 1.54) is 22.2 Å². The zero-order valence-electron chi connectivity index (χ0n) is 29.0. The molecule has 1 atom stereocenters. The Kier molecular flexibility index (Phi) is 18.8. The molecule has 1 aliphatic rings. The largest absolute Gasteiger partial charge is 0.496 e. The molecule has 2 N–H and O–H groups in total. The van der Waals surface area contributed by atoms with Crippen LogP contribution in [0.3, 0.4) is 0 Å². The molecular weight excluding hydrogens is 552 g/mol. The maximum absolute atomic E-state index is 11.8. The molecule has 2 heterocycles. The van der Waals surface area contributed by atoms with Gasteiger partial charge in [-0.3, -0.25) is 14.5 Å². The number of likely N-dealkylation sites (tertiary alicyclic amines) is 1. The number of methoxy groups -OCH3 is 1. The van der Waals surface area contributed by atoms with Gasteiger partial charge in [-0.05, 0) is 85.2 Å². The van der Waals surface area contributed by atoms with Crippen molar-refractivity contribution in [1.29, 1.82) is 0 Å². The quantitative estimate of drug-likeness (QED) is 0.0862. The molecule has 1 aromatic carbocycles. The van der Waals surface area contributed by atoms with E-state index < -0.39 is 0 Å². The first kappa shape index (κ1) is 38.7.